The molecule has 34 heavy (non-hydrogen) atoms. The Labute approximate surface area is 201 Å². The summed E-state index contributed by atoms with van der Waals surface area (Å²) in [5, 5.41) is 4.57. The van der Waals surface area contributed by atoms with Gasteiger partial charge < -0.3 is 10.3 Å². The van der Waals surface area contributed by atoms with Gasteiger partial charge in [-0.3, -0.25) is 4.90 Å². The highest BCUT2D eigenvalue weighted by molar-refractivity contribution is 5.93. The van der Waals surface area contributed by atoms with Gasteiger partial charge in [-0.2, -0.15) is 4.98 Å². The topological polar surface area (TPSA) is 56.8 Å². The molecule has 0 atom stereocenters. The zero-order chi connectivity index (χ0) is 22.7. The number of nitrogens with zero attached hydrogens (tertiary/aromatic N) is 3. The highest BCUT2D eigenvalue weighted by Gasteiger charge is 2.20. The lowest BCUT2D eigenvalue weighted by Gasteiger charge is -2.32. The van der Waals surface area contributed by atoms with Crippen molar-refractivity contribution in [3.05, 3.63) is 78.1 Å². The van der Waals surface area contributed by atoms with E-state index < -0.39 is 0 Å². The molecule has 4 aromatic rings. The van der Waals surface area contributed by atoms with Gasteiger partial charge in [0, 0.05) is 35.9 Å². The zero-order valence-electron chi connectivity index (χ0n) is 19.7. The number of benzene rings is 2. The number of hydrogen-bond acceptors (Lipinski definition) is 4. The Bertz CT molecular complexity index is 1220. The SMILES string of the molecule is c1ccc(C2CCN(Cc3ccc(-c4c[nH]c5nc(NC6CCCC6)ncc45)cc3)CC2)cc1. The van der Waals surface area contributed by atoms with Crippen LogP contribution in [0.25, 0.3) is 22.2 Å². The molecule has 174 valence electrons. The maximum Gasteiger partial charge on any atom is 0.224 e. The third kappa shape index (κ3) is 4.58. The van der Waals surface area contributed by atoms with E-state index in [0.717, 1.165) is 29.1 Å². The number of anilines is 1. The molecule has 0 radical (unpaired) electrons. The number of fused-ring (bicyclic) bond motifs is 1. The van der Waals surface area contributed by atoms with Gasteiger partial charge in [0.25, 0.3) is 0 Å². The molecular weight excluding hydrogens is 418 g/mol. The van der Waals surface area contributed by atoms with E-state index in [-0.39, 0.29) is 0 Å². The summed E-state index contributed by atoms with van der Waals surface area (Å²) < 4.78 is 0. The third-order valence-electron chi connectivity index (χ3n) is 7.65. The first-order chi connectivity index (χ1) is 16.8. The summed E-state index contributed by atoms with van der Waals surface area (Å²) in [4.78, 5) is 15.3. The predicted octanol–water partition coefficient (Wildman–Crippen LogP) is 6.36. The molecule has 1 aliphatic heterocycles. The summed E-state index contributed by atoms with van der Waals surface area (Å²) in [5.41, 5.74) is 6.14. The van der Waals surface area contributed by atoms with E-state index in [9.17, 15) is 0 Å². The first-order valence-electron chi connectivity index (χ1n) is 12.8. The molecule has 1 saturated carbocycles. The van der Waals surface area contributed by atoms with Gasteiger partial charge >= 0.3 is 0 Å². The Morgan fingerprint density at radius 2 is 1.68 bits per heavy atom. The van der Waals surface area contributed by atoms with E-state index in [0.29, 0.717) is 12.0 Å². The number of hydrogen-bond donors (Lipinski definition) is 2. The molecule has 2 aliphatic rings. The fraction of sp³-hybridized carbons (Fsp3) is 0.379. The third-order valence-corrected chi connectivity index (χ3v) is 7.65. The number of aromatic nitrogens is 3. The van der Waals surface area contributed by atoms with Crippen molar-refractivity contribution >= 4 is 17.0 Å². The summed E-state index contributed by atoms with van der Waals surface area (Å²) in [5.74, 6) is 1.44. The number of aromatic amines is 1. The van der Waals surface area contributed by atoms with Crippen LogP contribution in [0.5, 0.6) is 0 Å². The molecular formula is C29H33N5. The van der Waals surface area contributed by atoms with Crippen LogP contribution >= 0.6 is 0 Å². The lowest BCUT2D eigenvalue weighted by molar-refractivity contribution is 0.204. The zero-order valence-corrected chi connectivity index (χ0v) is 19.7. The molecule has 2 N–H and O–H groups in total. The monoisotopic (exact) mass is 451 g/mol. The van der Waals surface area contributed by atoms with E-state index in [2.05, 4.69) is 81.0 Å². The Morgan fingerprint density at radius 1 is 0.912 bits per heavy atom. The summed E-state index contributed by atoms with van der Waals surface area (Å²) >= 11 is 0. The maximum atomic E-state index is 4.72. The normalized spacial score (nSPS) is 18.0. The van der Waals surface area contributed by atoms with Crippen molar-refractivity contribution in [3.8, 4) is 11.1 Å². The van der Waals surface area contributed by atoms with Crippen LogP contribution in [-0.4, -0.2) is 39.0 Å². The smallest absolute Gasteiger partial charge is 0.224 e. The van der Waals surface area contributed by atoms with Gasteiger partial charge in [-0.15, -0.1) is 0 Å². The quantitative estimate of drug-likeness (QED) is 0.358. The van der Waals surface area contributed by atoms with E-state index >= 15 is 0 Å². The Morgan fingerprint density at radius 3 is 2.44 bits per heavy atom. The van der Waals surface area contributed by atoms with Crippen LogP contribution in [0.15, 0.2) is 67.0 Å². The second kappa shape index (κ2) is 9.59. The van der Waals surface area contributed by atoms with Crippen LogP contribution in [-0.2, 0) is 6.54 Å². The minimum Gasteiger partial charge on any atom is -0.351 e. The molecule has 1 saturated heterocycles. The molecule has 6 rings (SSSR count). The number of H-pyrrole nitrogens is 1. The van der Waals surface area contributed by atoms with Crippen molar-refractivity contribution in [1.29, 1.82) is 0 Å². The second-order valence-corrected chi connectivity index (χ2v) is 9.94. The number of nitrogens with one attached hydrogen (secondary N) is 2. The van der Waals surface area contributed by atoms with Crippen LogP contribution in [0.3, 0.4) is 0 Å². The van der Waals surface area contributed by atoms with Crippen molar-refractivity contribution in [2.45, 2.75) is 57.0 Å². The van der Waals surface area contributed by atoms with Crippen molar-refractivity contribution in [1.82, 2.24) is 19.9 Å². The summed E-state index contributed by atoms with van der Waals surface area (Å²) in [7, 11) is 0. The van der Waals surface area contributed by atoms with E-state index in [1.54, 1.807) is 0 Å². The minimum absolute atomic E-state index is 0.517. The maximum absolute atomic E-state index is 4.72. The summed E-state index contributed by atoms with van der Waals surface area (Å²) in [6.07, 6.45) is 11.5. The highest BCUT2D eigenvalue weighted by atomic mass is 15.1. The molecule has 0 amide bonds. The van der Waals surface area contributed by atoms with Gasteiger partial charge in [-0.25, -0.2) is 4.98 Å². The van der Waals surface area contributed by atoms with Crippen LogP contribution in [0.1, 0.15) is 55.6 Å². The standard InChI is InChI=1S/C29H33N5/c1-2-6-22(7-3-1)23-14-16-34(17-15-23)20-21-10-12-24(13-11-21)26-18-30-28-27(26)19-31-29(33-28)32-25-8-4-5-9-25/h1-3,6-7,10-13,18-19,23,25H,4-5,8-9,14-17,20H2,(H2,30,31,32,33). The first kappa shape index (κ1) is 21.4. The fourth-order valence-corrected chi connectivity index (χ4v) is 5.67. The van der Waals surface area contributed by atoms with Crippen molar-refractivity contribution < 1.29 is 0 Å². The first-order valence-corrected chi connectivity index (χ1v) is 12.8. The van der Waals surface area contributed by atoms with Crippen molar-refractivity contribution in [2.75, 3.05) is 18.4 Å². The molecule has 2 aromatic heterocycles. The molecule has 2 fully saturated rings. The minimum atomic E-state index is 0.517. The molecule has 5 nitrogen and oxygen atoms in total. The van der Waals surface area contributed by atoms with E-state index in [4.69, 9.17) is 4.98 Å². The Hall–Kier alpha value is -3.18. The Balaban J connectivity index is 1.09. The van der Waals surface area contributed by atoms with E-state index in [1.807, 2.05) is 6.20 Å². The predicted molar refractivity (Wildman–Crippen MR) is 139 cm³/mol. The molecule has 5 heteroatoms. The van der Waals surface area contributed by atoms with Crippen LogP contribution in [0.4, 0.5) is 5.95 Å². The second-order valence-electron chi connectivity index (χ2n) is 9.94. The van der Waals surface area contributed by atoms with Crippen molar-refractivity contribution in [2.24, 2.45) is 0 Å². The van der Waals surface area contributed by atoms with Crippen LogP contribution in [0, 0.1) is 0 Å². The number of rotatable bonds is 6. The molecule has 2 aromatic carbocycles. The van der Waals surface area contributed by atoms with E-state index in [1.165, 1.54) is 68.3 Å². The highest BCUT2D eigenvalue weighted by Crippen LogP contribution is 2.31. The molecule has 1 aliphatic carbocycles. The Kier molecular flexibility index (Phi) is 6.02. The van der Waals surface area contributed by atoms with Gasteiger partial charge in [0.05, 0.1) is 0 Å². The number of piperidine rings is 1. The van der Waals surface area contributed by atoms with Gasteiger partial charge in [0.1, 0.15) is 5.65 Å². The van der Waals surface area contributed by atoms with Gasteiger partial charge in [-0.05, 0) is 61.4 Å². The number of likely N-dealkylation sites (tertiary alicyclic amines) is 1. The largest absolute Gasteiger partial charge is 0.351 e. The lowest BCUT2D eigenvalue weighted by Crippen LogP contribution is -2.32. The van der Waals surface area contributed by atoms with Crippen LogP contribution < -0.4 is 5.32 Å². The van der Waals surface area contributed by atoms with Gasteiger partial charge in [0.15, 0.2) is 0 Å². The molecule has 3 heterocycles. The average molecular weight is 452 g/mol. The lowest BCUT2D eigenvalue weighted by atomic mass is 9.89. The van der Waals surface area contributed by atoms with Gasteiger partial charge in [0.2, 0.25) is 5.95 Å². The molecule has 0 spiro atoms. The summed E-state index contributed by atoms with van der Waals surface area (Å²) in [6, 6.07) is 20.5. The van der Waals surface area contributed by atoms with Crippen LogP contribution in [0.2, 0.25) is 0 Å². The fourth-order valence-electron chi connectivity index (χ4n) is 5.67. The molecule has 0 bridgehead atoms. The summed E-state index contributed by atoms with van der Waals surface area (Å²) in [6.45, 7) is 3.35. The molecule has 0 unspecified atom stereocenters. The van der Waals surface area contributed by atoms with Gasteiger partial charge in [-0.1, -0.05) is 67.4 Å². The average Bonchev–Trinajstić information content (AvgIpc) is 3.55. The van der Waals surface area contributed by atoms with Crippen molar-refractivity contribution in [3.63, 3.8) is 0 Å².